The first kappa shape index (κ1) is 11.5. The average molecular weight is 196 g/mol. The molecule has 0 aliphatic heterocycles. The molecule has 14 heavy (non-hydrogen) atoms. The third-order valence-corrected chi connectivity index (χ3v) is 3.16. The van der Waals surface area contributed by atoms with Gasteiger partial charge in [-0.05, 0) is 31.6 Å². The summed E-state index contributed by atoms with van der Waals surface area (Å²) >= 11 is 0. The van der Waals surface area contributed by atoms with Crippen LogP contribution in [0.1, 0.15) is 25.7 Å². The van der Waals surface area contributed by atoms with Crippen molar-refractivity contribution in [3.63, 3.8) is 0 Å². The Morgan fingerprint density at radius 1 is 1.36 bits per heavy atom. The second-order valence-electron chi connectivity index (χ2n) is 4.16. The largest absolute Gasteiger partial charge is 0.393 e. The monoisotopic (exact) mass is 196 g/mol. The minimum absolute atomic E-state index is 0.0198. The van der Waals surface area contributed by atoms with E-state index < -0.39 is 6.10 Å². The lowest BCUT2D eigenvalue weighted by Crippen LogP contribution is -2.36. The molecule has 0 saturated heterocycles. The molecule has 0 aromatic heterocycles. The van der Waals surface area contributed by atoms with Crippen LogP contribution in [0.3, 0.4) is 0 Å². The topological polar surface area (TPSA) is 40.5 Å². The zero-order valence-corrected chi connectivity index (χ0v) is 8.60. The second-order valence-corrected chi connectivity index (χ2v) is 4.16. The predicted octanol–water partition coefficient (Wildman–Crippen LogP) is 1.89. The summed E-state index contributed by atoms with van der Waals surface area (Å²) in [4.78, 5) is 0. The van der Waals surface area contributed by atoms with Crippen LogP contribution in [0.15, 0.2) is 25.3 Å². The van der Waals surface area contributed by atoms with E-state index in [9.17, 15) is 10.2 Å². The minimum atomic E-state index is -0.560. The fraction of sp³-hybridized carbons (Fsp3) is 0.667. The smallest absolute Gasteiger partial charge is 0.0771 e. The van der Waals surface area contributed by atoms with Crippen molar-refractivity contribution >= 4 is 0 Å². The van der Waals surface area contributed by atoms with Crippen LogP contribution in [-0.4, -0.2) is 22.4 Å². The van der Waals surface area contributed by atoms with Crippen molar-refractivity contribution in [1.29, 1.82) is 0 Å². The van der Waals surface area contributed by atoms with Crippen molar-refractivity contribution in [3.8, 4) is 0 Å². The van der Waals surface area contributed by atoms with Crippen molar-refractivity contribution in [2.24, 2.45) is 11.8 Å². The van der Waals surface area contributed by atoms with Crippen LogP contribution in [0.2, 0.25) is 0 Å². The first-order valence-electron chi connectivity index (χ1n) is 5.28. The number of aliphatic hydroxyl groups excluding tert-OH is 2. The van der Waals surface area contributed by atoms with Gasteiger partial charge in [0.05, 0.1) is 12.2 Å². The van der Waals surface area contributed by atoms with Gasteiger partial charge in [0.15, 0.2) is 0 Å². The molecule has 0 amide bonds. The van der Waals surface area contributed by atoms with Gasteiger partial charge in [-0.2, -0.15) is 0 Å². The van der Waals surface area contributed by atoms with Crippen molar-refractivity contribution in [1.82, 2.24) is 0 Å². The Hall–Kier alpha value is -0.600. The van der Waals surface area contributed by atoms with Gasteiger partial charge in [-0.1, -0.05) is 12.2 Å². The van der Waals surface area contributed by atoms with Crippen molar-refractivity contribution < 1.29 is 10.2 Å². The van der Waals surface area contributed by atoms with Gasteiger partial charge in [0.1, 0.15) is 0 Å². The maximum atomic E-state index is 9.83. The lowest BCUT2D eigenvalue weighted by Gasteiger charge is -2.34. The van der Waals surface area contributed by atoms with E-state index >= 15 is 0 Å². The lowest BCUT2D eigenvalue weighted by molar-refractivity contribution is -0.00850. The molecule has 0 spiro atoms. The summed E-state index contributed by atoms with van der Waals surface area (Å²) in [6, 6.07) is 0. The highest BCUT2D eigenvalue weighted by molar-refractivity contribution is 4.92. The van der Waals surface area contributed by atoms with Gasteiger partial charge in [-0.3, -0.25) is 0 Å². The number of rotatable bonds is 4. The summed E-state index contributed by atoms with van der Waals surface area (Å²) in [5.41, 5.74) is 0. The fourth-order valence-corrected chi connectivity index (χ4v) is 2.28. The van der Waals surface area contributed by atoms with E-state index in [0.717, 1.165) is 25.7 Å². The maximum Gasteiger partial charge on any atom is 0.0771 e. The van der Waals surface area contributed by atoms with Gasteiger partial charge in [0, 0.05) is 5.92 Å². The molecule has 3 unspecified atom stereocenters. The highest BCUT2D eigenvalue weighted by Crippen LogP contribution is 2.33. The summed E-state index contributed by atoms with van der Waals surface area (Å²) in [5, 5.41) is 19.4. The first-order valence-corrected chi connectivity index (χ1v) is 5.28. The standard InChI is InChI=1S/C12H20O2/c1-3-5-9-6-7-10(11(13)4-2)12(14)8-9/h3-4,9-14H,1-2,5-8H2/t9?,10-,11?,12?/m0/s1. The molecule has 0 aromatic rings. The van der Waals surface area contributed by atoms with Gasteiger partial charge in [-0.25, -0.2) is 0 Å². The van der Waals surface area contributed by atoms with E-state index in [4.69, 9.17) is 0 Å². The van der Waals surface area contributed by atoms with E-state index in [2.05, 4.69) is 13.2 Å². The van der Waals surface area contributed by atoms with Crippen molar-refractivity contribution in [3.05, 3.63) is 25.3 Å². The number of aliphatic hydroxyl groups is 2. The van der Waals surface area contributed by atoms with Gasteiger partial charge in [0.2, 0.25) is 0 Å². The van der Waals surface area contributed by atoms with Crippen LogP contribution >= 0.6 is 0 Å². The Morgan fingerprint density at radius 3 is 2.57 bits per heavy atom. The highest BCUT2D eigenvalue weighted by atomic mass is 16.3. The second kappa shape index (κ2) is 5.32. The van der Waals surface area contributed by atoms with Gasteiger partial charge < -0.3 is 10.2 Å². The SMILES string of the molecule is C=CCC1CC[C@@H](C(O)C=C)C(O)C1. The Balaban J connectivity index is 2.46. The number of allylic oxidation sites excluding steroid dienone is 1. The molecule has 2 heteroatoms. The molecule has 0 bridgehead atoms. The first-order chi connectivity index (χ1) is 6.69. The van der Waals surface area contributed by atoms with E-state index in [0.29, 0.717) is 5.92 Å². The molecule has 2 N–H and O–H groups in total. The lowest BCUT2D eigenvalue weighted by atomic mass is 9.76. The summed E-state index contributed by atoms with van der Waals surface area (Å²) in [6.07, 6.45) is 6.17. The number of hydrogen-bond donors (Lipinski definition) is 2. The summed E-state index contributed by atoms with van der Waals surface area (Å²) in [5.74, 6) is 0.518. The van der Waals surface area contributed by atoms with E-state index in [1.165, 1.54) is 6.08 Å². The predicted molar refractivity (Wildman–Crippen MR) is 57.9 cm³/mol. The molecule has 0 heterocycles. The van der Waals surface area contributed by atoms with E-state index in [1.54, 1.807) is 0 Å². The molecule has 0 aromatic carbocycles. The normalized spacial score (nSPS) is 34.9. The Kier molecular flexibility index (Phi) is 4.36. The molecule has 1 saturated carbocycles. The van der Waals surface area contributed by atoms with Crippen LogP contribution in [0.5, 0.6) is 0 Å². The van der Waals surface area contributed by atoms with Gasteiger partial charge >= 0.3 is 0 Å². The molecule has 2 nitrogen and oxygen atoms in total. The van der Waals surface area contributed by atoms with Crippen LogP contribution in [0.4, 0.5) is 0 Å². The zero-order chi connectivity index (χ0) is 10.6. The van der Waals surface area contributed by atoms with Gasteiger partial charge in [-0.15, -0.1) is 13.2 Å². The Labute approximate surface area is 86.0 Å². The molecule has 1 rings (SSSR count). The highest BCUT2D eigenvalue weighted by Gasteiger charge is 2.31. The molecular formula is C12H20O2. The average Bonchev–Trinajstić information content (AvgIpc) is 2.17. The Bertz CT molecular complexity index is 200. The summed E-state index contributed by atoms with van der Waals surface area (Å²) in [6.45, 7) is 7.25. The molecule has 1 fully saturated rings. The van der Waals surface area contributed by atoms with Gasteiger partial charge in [0.25, 0.3) is 0 Å². The number of hydrogen-bond acceptors (Lipinski definition) is 2. The zero-order valence-electron chi connectivity index (χ0n) is 8.60. The third kappa shape index (κ3) is 2.69. The molecule has 1 aliphatic rings. The summed E-state index contributed by atoms with van der Waals surface area (Å²) in [7, 11) is 0. The molecule has 0 radical (unpaired) electrons. The van der Waals surface area contributed by atoms with E-state index in [-0.39, 0.29) is 12.0 Å². The van der Waals surface area contributed by atoms with Crippen LogP contribution in [-0.2, 0) is 0 Å². The van der Waals surface area contributed by atoms with E-state index in [1.807, 2.05) is 6.08 Å². The molecule has 4 atom stereocenters. The maximum absolute atomic E-state index is 9.83. The Morgan fingerprint density at radius 2 is 2.07 bits per heavy atom. The van der Waals surface area contributed by atoms with Crippen LogP contribution in [0.25, 0.3) is 0 Å². The molecule has 1 aliphatic carbocycles. The third-order valence-electron chi connectivity index (χ3n) is 3.16. The molecular weight excluding hydrogens is 176 g/mol. The van der Waals surface area contributed by atoms with Crippen molar-refractivity contribution in [2.75, 3.05) is 0 Å². The van der Waals surface area contributed by atoms with Crippen LogP contribution < -0.4 is 0 Å². The quantitative estimate of drug-likeness (QED) is 0.674. The van der Waals surface area contributed by atoms with Crippen LogP contribution in [0, 0.1) is 11.8 Å². The minimum Gasteiger partial charge on any atom is -0.393 e. The fourth-order valence-electron chi connectivity index (χ4n) is 2.28. The van der Waals surface area contributed by atoms with Crippen molar-refractivity contribution in [2.45, 2.75) is 37.9 Å². The summed E-state index contributed by atoms with van der Waals surface area (Å²) < 4.78 is 0. The molecule has 80 valence electrons.